The minimum Gasteiger partial charge on any atom is -1.00 e. The van der Waals surface area contributed by atoms with Gasteiger partial charge in [0, 0.05) is 0 Å². The van der Waals surface area contributed by atoms with Crippen LogP contribution in [0.4, 0.5) is 0 Å². The van der Waals surface area contributed by atoms with E-state index in [-0.39, 0.29) is 61.8 Å². The molecule has 0 saturated heterocycles. The van der Waals surface area contributed by atoms with Crippen LogP contribution in [0.3, 0.4) is 0 Å². The molecule has 0 aliphatic heterocycles. The van der Waals surface area contributed by atoms with E-state index in [4.69, 9.17) is 0 Å². The summed E-state index contributed by atoms with van der Waals surface area (Å²) in [5.74, 6) is 1.55. The van der Waals surface area contributed by atoms with Gasteiger partial charge in [0.15, 0.2) is 0 Å². The molecule has 0 heterocycles. The van der Waals surface area contributed by atoms with E-state index in [1.807, 2.05) is 0 Å². The van der Waals surface area contributed by atoms with E-state index in [1.165, 1.54) is 119 Å². The van der Waals surface area contributed by atoms with Gasteiger partial charge in [-0.25, -0.2) is 0 Å². The number of hydrogen-bond acceptors (Lipinski definition) is 0. The van der Waals surface area contributed by atoms with E-state index >= 15 is 0 Å². The Labute approximate surface area is 372 Å². The maximum absolute atomic E-state index is 3.38. The average Bonchev–Trinajstić information content (AvgIpc) is 3.81. The molecule has 8 rings (SSSR count). The number of hydrogen-bond donors (Lipinski definition) is 0. The molecule has 3 heteroatoms. The molecule has 0 amide bonds. The van der Waals surface area contributed by atoms with Crippen LogP contribution in [-0.4, -0.2) is 0 Å². The van der Waals surface area contributed by atoms with Crippen molar-refractivity contribution in [2.75, 3.05) is 0 Å². The molecular formula is C53H64Cl2Zr-4. The van der Waals surface area contributed by atoms with Gasteiger partial charge in [0.1, 0.15) is 0 Å². The Morgan fingerprint density at radius 2 is 0.821 bits per heavy atom. The Morgan fingerprint density at radius 3 is 1.12 bits per heavy atom. The first-order valence-corrected chi connectivity index (χ1v) is 20.7. The van der Waals surface area contributed by atoms with Crippen LogP contribution in [-0.2, 0) is 37.0 Å². The predicted molar refractivity (Wildman–Crippen MR) is 234 cm³/mol. The molecule has 0 N–H and O–H groups in total. The van der Waals surface area contributed by atoms with Crippen LogP contribution in [0.25, 0.3) is 43.8 Å². The van der Waals surface area contributed by atoms with Crippen LogP contribution in [0.15, 0.2) is 109 Å². The molecular weight excluding hydrogens is 799 g/mol. The zero-order chi connectivity index (χ0) is 37.6. The predicted octanol–water partition coefficient (Wildman–Crippen LogP) is 10.2. The van der Waals surface area contributed by atoms with Crippen molar-refractivity contribution in [2.24, 2.45) is 0 Å². The maximum Gasteiger partial charge on any atom is 2.00 e. The van der Waals surface area contributed by atoms with Gasteiger partial charge in [-0.1, -0.05) is 152 Å². The maximum atomic E-state index is 3.38. The quantitative estimate of drug-likeness (QED) is 0.155. The number of rotatable bonds is 4. The van der Waals surface area contributed by atoms with Gasteiger partial charge in [0.2, 0.25) is 0 Å². The Morgan fingerprint density at radius 1 is 0.500 bits per heavy atom. The fourth-order valence-electron chi connectivity index (χ4n) is 8.66. The second kappa shape index (κ2) is 21.5. The third-order valence-corrected chi connectivity index (χ3v) is 11.8. The van der Waals surface area contributed by atoms with Crippen LogP contribution < -0.4 is 24.8 Å². The zero-order valence-electron chi connectivity index (χ0n) is 35.0. The summed E-state index contributed by atoms with van der Waals surface area (Å²) in [4.78, 5) is 0. The summed E-state index contributed by atoms with van der Waals surface area (Å²) in [5, 5.41) is 5.65. The summed E-state index contributed by atoms with van der Waals surface area (Å²) >= 11 is 0. The van der Waals surface area contributed by atoms with Gasteiger partial charge in [0.25, 0.3) is 0 Å². The van der Waals surface area contributed by atoms with Gasteiger partial charge < -0.3 is 45.1 Å². The third kappa shape index (κ3) is 11.8. The van der Waals surface area contributed by atoms with E-state index in [9.17, 15) is 0 Å². The van der Waals surface area contributed by atoms with E-state index in [2.05, 4.69) is 165 Å². The number of benzene rings is 4. The zero-order valence-corrected chi connectivity index (χ0v) is 39.0. The molecule has 2 aliphatic carbocycles. The van der Waals surface area contributed by atoms with E-state index < -0.39 is 0 Å². The Hall–Kier alpha value is -2.44. The summed E-state index contributed by atoms with van der Waals surface area (Å²) in [6, 6.07) is 41.7. The third-order valence-electron chi connectivity index (χ3n) is 11.8. The van der Waals surface area contributed by atoms with Crippen molar-refractivity contribution in [1.29, 1.82) is 0 Å². The Balaban J connectivity index is 0.000000267. The first-order chi connectivity index (χ1) is 25.5. The molecule has 6 aromatic rings. The molecule has 0 aromatic heterocycles. The van der Waals surface area contributed by atoms with Crippen molar-refractivity contribution in [2.45, 2.75) is 135 Å². The molecule has 2 aliphatic rings. The molecule has 0 spiro atoms. The smallest absolute Gasteiger partial charge is 1.00 e. The summed E-state index contributed by atoms with van der Waals surface area (Å²) in [6.07, 6.45) is 14.6. The van der Waals surface area contributed by atoms with Crippen LogP contribution in [0.1, 0.15) is 146 Å². The fourth-order valence-corrected chi connectivity index (χ4v) is 8.66. The van der Waals surface area contributed by atoms with E-state index in [0.29, 0.717) is 0 Å². The molecule has 56 heavy (non-hydrogen) atoms. The van der Waals surface area contributed by atoms with Crippen LogP contribution in [0.5, 0.6) is 0 Å². The van der Waals surface area contributed by atoms with Gasteiger partial charge in [-0.2, -0.15) is 12.1 Å². The molecule has 0 nitrogen and oxygen atoms in total. The van der Waals surface area contributed by atoms with Crippen molar-refractivity contribution >= 4 is 21.5 Å². The second-order valence-corrected chi connectivity index (χ2v) is 17.9. The van der Waals surface area contributed by atoms with Crippen molar-refractivity contribution < 1.29 is 51.0 Å². The molecule has 0 atom stereocenters. The molecule has 2 saturated carbocycles. The van der Waals surface area contributed by atoms with Gasteiger partial charge in [-0.05, 0) is 70.6 Å². The average molecular weight is 863 g/mol. The molecule has 298 valence electrons. The van der Waals surface area contributed by atoms with E-state index in [1.54, 1.807) is 11.1 Å². The minimum absolute atomic E-state index is 0. The van der Waals surface area contributed by atoms with Crippen LogP contribution in [0.2, 0.25) is 0 Å². The first-order valence-electron chi connectivity index (χ1n) is 20.7. The van der Waals surface area contributed by atoms with Crippen molar-refractivity contribution in [1.82, 2.24) is 0 Å². The van der Waals surface area contributed by atoms with Gasteiger partial charge in [-0.3, -0.25) is 0 Å². The summed E-state index contributed by atoms with van der Waals surface area (Å²) < 4.78 is 0. The first kappa shape index (κ1) is 47.9. The van der Waals surface area contributed by atoms with Crippen LogP contribution >= 0.6 is 0 Å². The van der Waals surface area contributed by atoms with Gasteiger partial charge in [-0.15, -0.1) is 69.1 Å². The summed E-state index contributed by atoms with van der Waals surface area (Å²) in [7, 11) is 0. The summed E-state index contributed by atoms with van der Waals surface area (Å²) in [6.45, 7) is 20.4. The van der Waals surface area contributed by atoms with Crippen molar-refractivity contribution in [3.05, 3.63) is 145 Å². The van der Waals surface area contributed by atoms with Crippen molar-refractivity contribution in [3.63, 3.8) is 0 Å². The SMILES string of the molecule is CC(C)(C)c1ccc(-c2cccc3[cH-]c(C4CCCCC4)cc23)cc1.CC(C)(C)c1ccc(-c2cccc3[cH-]c(C4CCCCC4)cc23)cc1.[CH2-]C[CH2-].[Cl-].[Cl-].[Zr+2]. The fraction of sp³-hybridized carbons (Fsp3) is 0.396. The molecule has 0 radical (unpaired) electrons. The van der Waals surface area contributed by atoms with Gasteiger partial charge >= 0.3 is 26.2 Å². The Kier molecular flexibility index (Phi) is 18.4. The normalized spacial score (nSPS) is 15.0. The molecule has 0 unspecified atom stereocenters. The second-order valence-electron chi connectivity index (χ2n) is 17.9. The number of fused-ring (bicyclic) bond motifs is 2. The largest absolute Gasteiger partial charge is 2.00 e. The monoisotopic (exact) mass is 860 g/mol. The standard InChI is InChI=1S/2C25H29.C3H6.2ClH.Zr/c2*1-25(2,3)22-14-12-19(13-15-22)23-11-7-10-20-16-21(17-24(20)23)18-8-5-4-6-9-18;1-3-2;;;/h2*7,10-18H,4-6,8-9H2,1-3H3;1-3H2;2*1H;/q2*-1;-2;;;+2/p-2. The van der Waals surface area contributed by atoms with Crippen LogP contribution in [0, 0.1) is 13.8 Å². The Bertz CT molecular complexity index is 1880. The summed E-state index contributed by atoms with van der Waals surface area (Å²) in [5.41, 5.74) is 11.8. The van der Waals surface area contributed by atoms with E-state index in [0.717, 1.165) is 18.3 Å². The molecule has 0 bridgehead atoms. The molecule has 6 aromatic carbocycles. The van der Waals surface area contributed by atoms with Crippen molar-refractivity contribution in [3.8, 4) is 22.3 Å². The topological polar surface area (TPSA) is 0 Å². The van der Waals surface area contributed by atoms with Gasteiger partial charge in [0.05, 0.1) is 0 Å². The minimum atomic E-state index is 0. The number of halogens is 2. The molecule has 2 fully saturated rings.